The summed E-state index contributed by atoms with van der Waals surface area (Å²) in [6.45, 7) is 2.13. The molecule has 4 saturated carbocycles. The number of ether oxygens (including phenoxy) is 1. The summed E-state index contributed by atoms with van der Waals surface area (Å²) >= 11 is 3.36. The van der Waals surface area contributed by atoms with E-state index in [0.717, 1.165) is 22.7 Å². The number of amides is 4. The quantitative estimate of drug-likeness (QED) is 0.359. The number of phenolic OH excluding ortho intramolecular Hbond substituents is 1. The predicted octanol–water partition coefficient (Wildman–Crippen LogP) is 5.69. The standard InChI is InChI=1S/C29H29BrN2O5/c1-2-37-25-11-19(23(30)12-24(25)33)10-22-26(34)31-28(36)32(27(22)35)21-5-3-20(4-6-21)29-13-16-7-17(14-29)9-18(8-16)15-29/h3-6,10-12,16-18,33H,2,7-9,13-15H2,1H3,(H,31,34,36)/b22-10-. The van der Waals surface area contributed by atoms with Crippen LogP contribution in [-0.4, -0.2) is 29.6 Å². The van der Waals surface area contributed by atoms with E-state index >= 15 is 0 Å². The molecule has 7 nitrogen and oxygen atoms in total. The summed E-state index contributed by atoms with van der Waals surface area (Å²) < 4.78 is 5.91. The highest BCUT2D eigenvalue weighted by molar-refractivity contribution is 9.10. The van der Waals surface area contributed by atoms with Gasteiger partial charge in [-0.05, 0) is 110 Å². The van der Waals surface area contributed by atoms with E-state index in [1.54, 1.807) is 6.92 Å². The van der Waals surface area contributed by atoms with Gasteiger partial charge < -0.3 is 9.84 Å². The molecule has 5 fully saturated rings. The average molecular weight is 565 g/mol. The molecule has 8 heteroatoms. The number of hydrogen-bond acceptors (Lipinski definition) is 5. The molecule has 0 unspecified atom stereocenters. The van der Waals surface area contributed by atoms with Gasteiger partial charge in [0, 0.05) is 4.47 Å². The summed E-state index contributed by atoms with van der Waals surface area (Å²) in [7, 11) is 0. The number of rotatable bonds is 5. The molecule has 1 saturated heterocycles. The maximum atomic E-state index is 13.4. The Morgan fingerprint density at radius 3 is 2.27 bits per heavy atom. The van der Waals surface area contributed by atoms with Gasteiger partial charge in [0.2, 0.25) is 0 Å². The van der Waals surface area contributed by atoms with E-state index in [4.69, 9.17) is 4.74 Å². The number of halogens is 1. The van der Waals surface area contributed by atoms with Crippen molar-refractivity contribution in [2.75, 3.05) is 11.5 Å². The van der Waals surface area contributed by atoms with E-state index in [1.165, 1.54) is 62.3 Å². The summed E-state index contributed by atoms with van der Waals surface area (Å²) in [6.07, 6.45) is 9.19. The Bertz CT molecular complexity index is 1300. The van der Waals surface area contributed by atoms with Gasteiger partial charge in [0.15, 0.2) is 11.5 Å². The SMILES string of the molecule is CCOc1cc(/C=C2/C(=O)NC(=O)N(c3ccc(C45CC6CC(CC(C6)C4)C5)cc3)C2=O)c(Br)cc1O. The van der Waals surface area contributed by atoms with Gasteiger partial charge in [0.1, 0.15) is 5.57 Å². The lowest BCUT2D eigenvalue weighted by molar-refractivity contribution is -0.122. The van der Waals surface area contributed by atoms with Crippen LogP contribution in [0.3, 0.4) is 0 Å². The largest absolute Gasteiger partial charge is 0.504 e. The number of barbiturate groups is 1. The fraction of sp³-hybridized carbons (Fsp3) is 0.414. The van der Waals surface area contributed by atoms with Crippen LogP contribution in [0.2, 0.25) is 0 Å². The minimum Gasteiger partial charge on any atom is -0.504 e. The third-order valence-corrected chi connectivity index (χ3v) is 9.24. The Kier molecular flexibility index (Phi) is 5.90. The van der Waals surface area contributed by atoms with Crippen molar-refractivity contribution in [3.8, 4) is 11.5 Å². The first-order valence-electron chi connectivity index (χ1n) is 12.9. The molecule has 4 amide bonds. The predicted molar refractivity (Wildman–Crippen MR) is 142 cm³/mol. The normalized spacial score (nSPS) is 29.7. The van der Waals surface area contributed by atoms with E-state index in [-0.39, 0.29) is 22.5 Å². The van der Waals surface area contributed by atoms with Crippen LogP contribution in [0.25, 0.3) is 6.08 Å². The fourth-order valence-electron chi connectivity index (χ4n) is 7.42. The number of hydrogen-bond donors (Lipinski definition) is 2. The highest BCUT2D eigenvalue weighted by Crippen LogP contribution is 2.60. The van der Waals surface area contributed by atoms with Gasteiger partial charge in [-0.15, -0.1) is 0 Å². The van der Waals surface area contributed by atoms with E-state index in [2.05, 4.69) is 33.4 Å². The van der Waals surface area contributed by atoms with Gasteiger partial charge in [-0.2, -0.15) is 0 Å². The molecule has 2 N–H and O–H groups in total. The smallest absolute Gasteiger partial charge is 0.335 e. The van der Waals surface area contributed by atoms with Crippen LogP contribution in [-0.2, 0) is 15.0 Å². The van der Waals surface area contributed by atoms with E-state index in [9.17, 15) is 19.5 Å². The Labute approximate surface area is 224 Å². The number of nitrogens with one attached hydrogen (secondary N) is 1. The molecule has 2 aromatic carbocycles. The number of urea groups is 1. The molecule has 1 heterocycles. The number of aromatic hydroxyl groups is 1. The van der Waals surface area contributed by atoms with Crippen LogP contribution in [0.1, 0.15) is 56.6 Å². The zero-order chi connectivity index (χ0) is 25.9. The second-order valence-corrected chi connectivity index (χ2v) is 11.8. The van der Waals surface area contributed by atoms with Crippen LogP contribution < -0.4 is 15.0 Å². The van der Waals surface area contributed by atoms with Gasteiger partial charge in [-0.1, -0.05) is 28.1 Å². The maximum Gasteiger partial charge on any atom is 0.335 e. The van der Waals surface area contributed by atoms with Crippen molar-refractivity contribution in [2.24, 2.45) is 17.8 Å². The van der Waals surface area contributed by atoms with Crippen molar-refractivity contribution >= 4 is 45.5 Å². The molecule has 2 aromatic rings. The molecular formula is C29H29BrN2O5. The second kappa shape index (κ2) is 9.01. The third-order valence-electron chi connectivity index (χ3n) is 8.56. The zero-order valence-corrected chi connectivity index (χ0v) is 22.2. The molecule has 5 aliphatic rings. The number of carbonyl (C=O) groups is 3. The van der Waals surface area contributed by atoms with Crippen LogP contribution in [0.5, 0.6) is 11.5 Å². The van der Waals surface area contributed by atoms with Gasteiger partial charge >= 0.3 is 6.03 Å². The molecule has 0 spiro atoms. The number of phenols is 1. The Balaban J connectivity index is 1.30. The monoisotopic (exact) mass is 564 g/mol. The topological polar surface area (TPSA) is 95.9 Å². The van der Waals surface area contributed by atoms with Gasteiger partial charge in [-0.3, -0.25) is 14.9 Å². The number of carbonyl (C=O) groups excluding carboxylic acids is 3. The van der Waals surface area contributed by atoms with E-state index in [1.807, 2.05) is 12.1 Å². The maximum absolute atomic E-state index is 13.4. The third kappa shape index (κ3) is 4.15. The molecule has 0 radical (unpaired) electrons. The summed E-state index contributed by atoms with van der Waals surface area (Å²) in [5.41, 5.74) is 2.22. The highest BCUT2D eigenvalue weighted by atomic mass is 79.9. The molecule has 7 rings (SSSR count). The molecule has 0 atom stereocenters. The summed E-state index contributed by atoms with van der Waals surface area (Å²) in [6, 6.07) is 9.98. The fourth-order valence-corrected chi connectivity index (χ4v) is 7.86. The molecule has 1 aliphatic heterocycles. The number of nitrogens with zero attached hydrogens (tertiary/aromatic N) is 1. The van der Waals surface area contributed by atoms with Crippen molar-refractivity contribution in [3.63, 3.8) is 0 Å². The minimum atomic E-state index is -0.769. The molecular weight excluding hydrogens is 536 g/mol. The van der Waals surface area contributed by atoms with Crippen molar-refractivity contribution in [1.82, 2.24) is 5.32 Å². The molecule has 4 bridgehead atoms. The van der Waals surface area contributed by atoms with Crippen LogP contribution in [0, 0.1) is 17.8 Å². The van der Waals surface area contributed by atoms with Gasteiger partial charge in [0.25, 0.3) is 11.8 Å². The van der Waals surface area contributed by atoms with Crippen LogP contribution >= 0.6 is 15.9 Å². The Morgan fingerprint density at radius 2 is 1.68 bits per heavy atom. The lowest BCUT2D eigenvalue weighted by Gasteiger charge is -2.57. The first kappa shape index (κ1) is 24.2. The minimum absolute atomic E-state index is 0.0637. The average Bonchev–Trinajstić information content (AvgIpc) is 2.84. The van der Waals surface area contributed by atoms with Crippen molar-refractivity contribution in [1.29, 1.82) is 0 Å². The summed E-state index contributed by atoms with van der Waals surface area (Å²) in [5.74, 6) is 1.16. The van der Waals surface area contributed by atoms with Crippen molar-refractivity contribution < 1.29 is 24.2 Å². The molecule has 4 aliphatic carbocycles. The first-order chi connectivity index (χ1) is 17.8. The van der Waals surface area contributed by atoms with E-state index in [0.29, 0.717) is 22.3 Å². The Morgan fingerprint density at radius 1 is 1.05 bits per heavy atom. The van der Waals surface area contributed by atoms with Crippen LogP contribution in [0.15, 0.2) is 46.4 Å². The Hall–Kier alpha value is -3.13. The van der Waals surface area contributed by atoms with Gasteiger partial charge in [-0.25, -0.2) is 9.69 Å². The second-order valence-electron chi connectivity index (χ2n) is 11.0. The van der Waals surface area contributed by atoms with Crippen LogP contribution in [0.4, 0.5) is 10.5 Å². The molecule has 0 aromatic heterocycles. The van der Waals surface area contributed by atoms with Gasteiger partial charge in [0.05, 0.1) is 12.3 Å². The number of imide groups is 2. The number of anilines is 1. The van der Waals surface area contributed by atoms with Crippen molar-refractivity contribution in [3.05, 3.63) is 57.6 Å². The molecule has 37 heavy (non-hydrogen) atoms. The summed E-state index contributed by atoms with van der Waals surface area (Å²) in [4.78, 5) is 39.8. The van der Waals surface area contributed by atoms with E-state index < -0.39 is 17.8 Å². The first-order valence-corrected chi connectivity index (χ1v) is 13.7. The molecule has 192 valence electrons. The lowest BCUT2D eigenvalue weighted by atomic mass is 9.48. The summed E-state index contributed by atoms with van der Waals surface area (Å²) in [5, 5.41) is 12.4. The zero-order valence-electron chi connectivity index (χ0n) is 20.6. The van der Waals surface area contributed by atoms with Crippen molar-refractivity contribution in [2.45, 2.75) is 50.9 Å². The number of benzene rings is 2. The highest BCUT2D eigenvalue weighted by Gasteiger charge is 2.51. The lowest BCUT2D eigenvalue weighted by Crippen LogP contribution is -2.54.